The molecule has 1 aliphatic heterocycles. The summed E-state index contributed by atoms with van der Waals surface area (Å²) < 4.78 is 6.36. The number of carbonyl (C=O) groups excluding carboxylic acids is 1. The number of aromatic nitrogens is 1. The van der Waals surface area contributed by atoms with Gasteiger partial charge in [-0.2, -0.15) is 0 Å². The van der Waals surface area contributed by atoms with Gasteiger partial charge in [0.05, 0.1) is 19.3 Å². The molecule has 3 aromatic rings. The molecule has 1 unspecified atom stereocenters. The van der Waals surface area contributed by atoms with Crippen LogP contribution in [0.4, 0.5) is 0 Å². The van der Waals surface area contributed by atoms with Gasteiger partial charge in [-0.3, -0.25) is 14.7 Å². The fourth-order valence-electron chi connectivity index (χ4n) is 4.84. The van der Waals surface area contributed by atoms with Crippen molar-refractivity contribution in [2.75, 3.05) is 19.6 Å². The van der Waals surface area contributed by atoms with Gasteiger partial charge in [-0.1, -0.05) is 60.7 Å². The van der Waals surface area contributed by atoms with Crippen LogP contribution < -0.4 is 0 Å². The molecular weight excluding hydrogens is 398 g/mol. The van der Waals surface area contributed by atoms with E-state index in [2.05, 4.69) is 46.3 Å². The van der Waals surface area contributed by atoms with Crippen LogP contribution in [0.15, 0.2) is 79.1 Å². The van der Waals surface area contributed by atoms with Gasteiger partial charge in [-0.05, 0) is 41.2 Å². The Hall–Kier alpha value is -3.02. The first-order valence-electron chi connectivity index (χ1n) is 11.4. The second kappa shape index (κ2) is 9.63. The maximum atomic E-state index is 13.3. The van der Waals surface area contributed by atoms with Crippen LogP contribution in [0.2, 0.25) is 0 Å². The molecule has 5 nitrogen and oxygen atoms in total. The molecule has 1 amide bonds. The first-order chi connectivity index (χ1) is 15.7. The van der Waals surface area contributed by atoms with E-state index >= 15 is 0 Å². The van der Waals surface area contributed by atoms with Crippen molar-refractivity contribution in [1.82, 2.24) is 14.8 Å². The van der Waals surface area contributed by atoms with Crippen molar-refractivity contribution in [3.8, 4) is 0 Å². The lowest BCUT2D eigenvalue weighted by Crippen LogP contribution is -2.43. The van der Waals surface area contributed by atoms with E-state index in [4.69, 9.17) is 4.74 Å². The monoisotopic (exact) mass is 427 g/mol. The van der Waals surface area contributed by atoms with Crippen LogP contribution in [0.3, 0.4) is 0 Å². The summed E-state index contributed by atoms with van der Waals surface area (Å²) >= 11 is 0. The number of carbonyl (C=O) groups is 1. The number of pyridine rings is 1. The van der Waals surface area contributed by atoms with Gasteiger partial charge in [0.2, 0.25) is 5.91 Å². The van der Waals surface area contributed by atoms with Crippen molar-refractivity contribution in [1.29, 1.82) is 0 Å². The lowest BCUT2D eigenvalue weighted by molar-refractivity contribution is -0.132. The predicted octanol–water partition coefficient (Wildman–Crippen LogP) is 3.48. The van der Waals surface area contributed by atoms with Crippen LogP contribution in [-0.4, -0.2) is 52.5 Å². The van der Waals surface area contributed by atoms with Crippen molar-refractivity contribution in [2.24, 2.45) is 0 Å². The van der Waals surface area contributed by atoms with Crippen LogP contribution in [0, 0.1) is 0 Å². The number of amides is 1. The SMILES string of the molecule is O=C1CN(C2Cc3ccccc3C2)CC(OCc2cccnc2)CN1Cc1ccccc1. The highest BCUT2D eigenvalue weighted by atomic mass is 16.5. The number of fused-ring (bicyclic) bond motifs is 1. The second-order valence-corrected chi connectivity index (χ2v) is 8.81. The Kier molecular flexibility index (Phi) is 6.28. The van der Waals surface area contributed by atoms with Gasteiger partial charge < -0.3 is 9.64 Å². The standard InChI is InChI=1S/C27H29N3O2/c31-27-19-29(25-13-23-10-4-5-11-24(23)14-25)17-26(32-20-22-9-6-12-28-15-22)18-30(27)16-21-7-2-1-3-8-21/h1-12,15,25-26H,13-14,16-20H2. The summed E-state index contributed by atoms with van der Waals surface area (Å²) in [5, 5.41) is 0. The van der Waals surface area contributed by atoms with Crippen molar-refractivity contribution in [2.45, 2.75) is 38.1 Å². The Morgan fingerprint density at radius 3 is 2.31 bits per heavy atom. The molecule has 1 aromatic heterocycles. The molecule has 1 atom stereocenters. The van der Waals surface area contributed by atoms with Crippen molar-refractivity contribution < 1.29 is 9.53 Å². The van der Waals surface area contributed by atoms with Gasteiger partial charge in [0, 0.05) is 38.1 Å². The van der Waals surface area contributed by atoms with Gasteiger partial charge in [0.15, 0.2) is 0 Å². The Morgan fingerprint density at radius 2 is 1.59 bits per heavy atom. The zero-order valence-corrected chi connectivity index (χ0v) is 18.3. The molecule has 32 heavy (non-hydrogen) atoms. The quantitative estimate of drug-likeness (QED) is 0.604. The van der Waals surface area contributed by atoms with Gasteiger partial charge >= 0.3 is 0 Å². The maximum absolute atomic E-state index is 13.3. The second-order valence-electron chi connectivity index (χ2n) is 8.81. The van der Waals surface area contributed by atoms with Gasteiger partial charge in [-0.15, -0.1) is 0 Å². The zero-order valence-electron chi connectivity index (χ0n) is 18.3. The highest BCUT2D eigenvalue weighted by Crippen LogP contribution is 2.27. The minimum Gasteiger partial charge on any atom is -0.370 e. The van der Waals surface area contributed by atoms with Crippen LogP contribution in [0.5, 0.6) is 0 Å². The number of ether oxygens (including phenoxy) is 1. The summed E-state index contributed by atoms with van der Waals surface area (Å²) in [6, 6.07) is 23.2. The Morgan fingerprint density at radius 1 is 0.875 bits per heavy atom. The Balaban J connectivity index is 1.33. The summed E-state index contributed by atoms with van der Waals surface area (Å²) in [6.07, 6.45) is 5.56. The fourth-order valence-corrected chi connectivity index (χ4v) is 4.84. The molecular formula is C27H29N3O2. The third-order valence-electron chi connectivity index (χ3n) is 6.52. The van der Waals surface area contributed by atoms with Gasteiger partial charge in [0.1, 0.15) is 0 Å². The number of rotatable bonds is 6. The number of nitrogens with zero attached hydrogens (tertiary/aromatic N) is 3. The minimum absolute atomic E-state index is 0.0471. The molecule has 5 rings (SSSR count). The summed E-state index contributed by atoms with van der Waals surface area (Å²) in [6.45, 7) is 2.92. The molecule has 0 bridgehead atoms. The molecule has 2 aromatic carbocycles. The van der Waals surface area contributed by atoms with E-state index in [0.717, 1.165) is 30.5 Å². The van der Waals surface area contributed by atoms with Crippen molar-refractivity contribution >= 4 is 5.91 Å². The molecule has 1 fully saturated rings. The molecule has 1 saturated heterocycles. The molecule has 1 aliphatic carbocycles. The third-order valence-corrected chi connectivity index (χ3v) is 6.52. The molecule has 2 aliphatic rings. The topological polar surface area (TPSA) is 45.7 Å². The zero-order chi connectivity index (χ0) is 21.8. The summed E-state index contributed by atoms with van der Waals surface area (Å²) in [4.78, 5) is 21.8. The molecule has 164 valence electrons. The van der Waals surface area contributed by atoms with Gasteiger partial charge in [-0.25, -0.2) is 0 Å². The maximum Gasteiger partial charge on any atom is 0.237 e. The third kappa shape index (κ3) is 4.90. The highest BCUT2D eigenvalue weighted by Gasteiger charge is 2.34. The highest BCUT2D eigenvalue weighted by molar-refractivity contribution is 5.78. The largest absolute Gasteiger partial charge is 0.370 e. The van der Waals surface area contributed by atoms with Crippen molar-refractivity contribution in [3.63, 3.8) is 0 Å². The van der Waals surface area contributed by atoms with Crippen LogP contribution in [0.1, 0.15) is 22.3 Å². The van der Waals surface area contributed by atoms with E-state index in [1.54, 1.807) is 6.20 Å². The average Bonchev–Trinajstić information content (AvgIpc) is 3.20. The first kappa shape index (κ1) is 20.9. The van der Waals surface area contributed by atoms with E-state index in [-0.39, 0.29) is 12.0 Å². The molecule has 0 spiro atoms. The van der Waals surface area contributed by atoms with Crippen LogP contribution in [0.25, 0.3) is 0 Å². The molecule has 2 heterocycles. The molecule has 0 saturated carbocycles. The van der Waals surface area contributed by atoms with E-state index in [1.165, 1.54) is 11.1 Å². The summed E-state index contributed by atoms with van der Waals surface area (Å²) in [5.41, 5.74) is 5.01. The summed E-state index contributed by atoms with van der Waals surface area (Å²) in [5.74, 6) is 0.178. The Bertz CT molecular complexity index is 1020. The van der Waals surface area contributed by atoms with Crippen LogP contribution in [-0.2, 0) is 35.5 Å². The predicted molar refractivity (Wildman–Crippen MR) is 124 cm³/mol. The Labute approximate surface area is 189 Å². The molecule has 5 heteroatoms. The lowest BCUT2D eigenvalue weighted by atomic mass is 10.1. The van der Waals surface area contributed by atoms with E-state index in [0.29, 0.717) is 32.3 Å². The van der Waals surface area contributed by atoms with Crippen molar-refractivity contribution in [3.05, 3.63) is 101 Å². The van der Waals surface area contributed by atoms with E-state index < -0.39 is 0 Å². The smallest absolute Gasteiger partial charge is 0.237 e. The molecule has 0 radical (unpaired) electrons. The van der Waals surface area contributed by atoms with Gasteiger partial charge in [0.25, 0.3) is 0 Å². The number of benzene rings is 2. The number of hydrogen-bond acceptors (Lipinski definition) is 4. The minimum atomic E-state index is -0.0471. The average molecular weight is 428 g/mol. The normalized spacial score (nSPS) is 19.7. The lowest BCUT2D eigenvalue weighted by Gasteiger charge is -2.28. The first-order valence-corrected chi connectivity index (χ1v) is 11.4. The van der Waals surface area contributed by atoms with E-state index in [9.17, 15) is 4.79 Å². The molecule has 0 N–H and O–H groups in total. The summed E-state index contributed by atoms with van der Waals surface area (Å²) in [7, 11) is 0. The fraction of sp³-hybridized carbons (Fsp3) is 0.333. The van der Waals surface area contributed by atoms with E-state index in [1.807, 2.05) is 41.4 Å². The van der Waals surface area contributed by atoms with Crippen LogP contribution >= 0.6 is 0 Å². The number of hydrogen-bond donors (Lipinski definition) is 0.